The Balaban J connectivity index is 1.80. The molecule has 1 N–H and O–H groups in total. The zero-order valence-electron chi connectivity index (χ0n) is 9.56. The summed E-state index contributed by atoms with van der Waals surface area (Å²) in [6.45, 7) is 0.584. The van der Waals surface area contributed by atoms with Crippen LogP contribution in [0.2, 0.25) is 0 Å². The molecule has 3 aromatic rings. The second kappa shape index (κ2) is 4.97. The minimum absolute atomic E-state index is 0.584. The van der Waals surface area contributed by atoms with Gasteiger partial charge in [-0.1, -0.05) is 30.3 Å². The summed E-state index contributed by atoms with van der Waals surface area (Å²) in [6, 6.07) is 16.1. The number of aromatic nitrogens is 2. The summed E-state index contributed by atoms with van der Waals surface area (Å²) in [5, 5.41) is 8.24. The van der Waals surface area contributed by atoms with E-state index in [9.17, 15) is 0 Å². The fraction of sp³-hybridized carbons (Fsp3) is 0.0714. The summed E-state index contributed by atoms with van der Waals surface area (Å²) in [5.74, 6) is 0.866. The van der Waals surface area contributed by atoms with E-state index in [2.05, 4.69) is 44.9 Å². The minimum Gasteiger partial charge on any atom is -0.489 e. The van der Waals surface area contributed by atoms with Gasteiger partial charge in [0.1, 0.15) is 16.1 Å². The molecule has 0 aliphatic rings. The molecule has 0 aliphatic heterocycles. The van der Waals surface area contributed by atoms with Crippen LogP contribution in [0, 0.1) is 3.70 Å². The van der Waals surface area contributed by atoms with Gasteiger partial charge in [-0.25, -0.2) is 0 Å². The molecule has 0 radical (unpaired) electrons. The number of fused-ring (bicyclic) bond motifs is 1. The lowest BCUT2D eigenvalue weighted by Crippen LogP contribution is -1.94. The van der Waals surface area contributed by atoms with E-state index in [0.29, 0.717) is 6.61 Å². The van der Waals surface area contributed by atoms with Crippen LogP contribution >= 0.6 is 22.6 Å². The molecule has 0 amide bonds. The van der Waals surface area contributed by atoms with Crippen molar-refractivity contribution in [3.63, 3.8) is 0 Å². The number of nitrogens with one attached hydrogen (secondary N) is 1. The van der Waals surface area contributed by atoms with Crippen LogP contribution in [0.5, 0.6) is 5.75 Å². The lowest BCUT2D eigenvalue weighted by atomic mass is 10.2. The first-order valence-electron chi connectivity index (χ1n) is 5.63. The summed E-state index contributed by atoms with van der Waals surface area (Å²) in [6.07, 6.45) is 0. The van der Waals surface area contributed by atoms with Crippen molar-refractivity contribution in [2.75, 3.05) is 0 Å². The van der Waals surface area contributed by atoms with Gasteiger partial charge in [0.25, 0.3) is 0 Å². The van der Waals surface area contributed by atoms with E-state index in [4.69, 9.17) is 4.74 Å². The number of hydrogen-bond donors (Lipinski definition) is 1. The highest BCUT2D eigenvalue weighted by molar-refractivity contribution is 14.1. The molecule has 0 unspecified atom stereocenters. The van der Waals surface area contributed by atoms with Crippen LogP contribution in [0.25, 0.3) is 10.9 Å². The molecule has 0 atom stereocenters. The summed E-state index contributed by atoms with van der Waals surface area (Å²) in [7, 11) is 0. The van der Waals surface area contributed by atoms with Crippen LogP contribution in [0.15, 0.2) is 48.5 Å². The SMILES string of the molecule is Ic1n[nH]c2ccc(OCc3ccccc3)cc12. The lowest BCUT2D eigenvalue weighted by Gasteiger charge is -2.06. The maximum atomic E-state index is 5.78. The fourth-order valence-electron chi connectivity index (χ4n) is 1.79. The molecule has 0 saturated heterocycles. The van der Waals surface area contributed by atoms with Crippen LogP contribution in [0.1, 0.15) is 5.56 Å². The predicted molar refractivity (Wildman–Crippen MR) is 79.6 cm³/mol. The third kappa shape index (κ3) is 2.33. The zero-order chi connectivity index (χ0) is 12.4. The van der Waals surface area contributed by atoms with Gasteiger partial charge in [0.15, 0.2) is 0 Å². The highest BCUT2D eigenvalue weighted by Crippen LogP contribution is 2.23. The van der Waals surface area contributed by atoms with E-state index >= 15 is 0 Å². The van der Waals surface area contributed by atoms with Gasteiger partial charge in [-0.15, -0.1) is 0 Å². The van der Waals surface area contributed by atoms with E-state index < -0.39 is 0 Å². The van der Waals surface area contributed by atoms with E-state index in [0.717, 1.165) is 20.4 Å². The molecular formula is C14H11IN2O. The van der Waals surface area contributed by atoms with Crippen molar-refractivity contribution in [2.45, 2.75) is 6.61 Å². The molecular weight excluding hydrogens is 339 g/mol. The Bertz CT molecular complexity index is 664. The summed E-state index contributed by atoms with van der Waals surface area (Å²) >= 11 is 2.21. The van der Waals surface area contributed by atoms with E-state index in [-0.39, 0.29) is 0 Å². The molecule has 3 rings (SSSR count). The van der Waals surface area contributed by atoms with E-state index in [1.165, 1.54) is 5.56 Å². The Labute approximate surface area is 118 Å². The van der Waals surface area contributed by atoms with Crippen molar-refractivity contribution < 1.29 is 4.74 Å². The highest BCUT2D eigenvalue weighted by Gasteiger charge is 2.04. The number of rotatable bonds is 3. The molecule has 4 heteroatoms. The van der Waals surface area contributed by atoms with Gasteiger partial charge in [-0.05, 0) is 46.4 Å². The van der Waals surface area contributed by atoms with Crippen LogP contribution in [0.4, 0.5) is 0 Å². The Morgan fingerprint density at radius 3 is 2.78 bits per heavy atom. The van der Waals surface area contributed by atoms with Crippen LogP contribution < -0.4 is 4.74 Å². The third-order valence-corrected chi connectivity index (χ3v) is 3.56. The van der Waals surface area contributed by atoms with Crippen LogP contribution in [0.3, 0.4) is 0 Å². The number of nitrogens with zero attached hydrogens (tertiary/aromatic N) is 1. The summed E-state index contributed by atoms with van der Waals surface area (Å²) < 4.78 is 6.75. The van der Waals surface area contributed by atoms with Crippen molar-refractivity contribution in [2.24, 2.45) is 0 Å². The number of hydrogen-bond acceptors (Lipinski definition) is 2. The Morgan fingerprint density at radius 2 is 1.94 bits per heavy atom. The van der Waals surface area contributed by atoms with Gasteiger partial charge in [-0.3, -0.25) is 5.10 Å². The molecule has 90 valence electrons. The highest BCUT2D eigenvalue weighted by atomic mass is 127. The maximum absolute atomic E-state index is 5.78. The Morgan fingerprint density at radius 1 is 1.11 bits per heavy atom. The molecule has 1 heterocycles. The summed E-state index contributed by atoms with van der Waals surface area (Å²) in [4.78, 5) is 0. The second-order valence-electron chi connectivity index (χ2n) is 4.00. The molecule has 0 spiro atoms. The molecule has 1 aromatic heterocycles. The smallest absolute Gasteiger partial charge is 0.131 e. The normalized spacial score (nSPS) is 10.7. The van der Waals surface area contributed by atoms with E-state index in [1.54, 1.807) is 0 Å². The molecule has 0 bridgehead atoms. The van der Waals surface area contributed by atoms with Crippen molar-refractivity contribution >= 4 is 33.5 Å². The van der Waals surface area contributed by atoms with Gasteiger partial charge in [0.05, 0.1) is 5.52 Å². The number of aromatic amines is 1. The van der Waals surface area contributed by atoms with Crippen molar-refractivity contribution in [1.29, 1.82) is 0 Å². The second-order valence-corrected chi connectivity index (χ2v) is 5.02. The molecule has 0 saturated carbocycles. The van der Waals surface area contributed by atoms with Crippen molar-refractivity contribution in [3.8, 4) is 5.75 Å². The number of benzene rings is 2. The number of ether oxygens (including phenoxy) is 1. The average Bonchev–Trinajstić information content (AvgIpc) is 2.79. The standard InChI is InChI=1S/C14H11IN2O/c15-14-12-8-11(6-7-13(12)16-17-14)18-9-10-4-2-1-3-5-10/h1-8H,9H2,(H,16,17). The quantitative estimate of drug-likeness (QED) is 0.731. The monoisotopic (exact) mass is 350 g/mol. The largest absolute Gasteiger partial charge is 0.489 e. The first-order chi connectivity index (χ1) is 8.83. The molecule has 18 heavy (non-hydrogen) atoms. The Hall–Kier alpha value is -1.56. The lowest BCUT2D eigenvalue weighted by molar-refractivity contribution is 0.306. The fourth-order valence-corrected chi connectivity index (χ4v) is 2.36. The predicted octanol–water partition coefficient (Wildman–Crippen LogP) is 3.75. The first kappa shape index (κ1) is 11.5. The van der Waals surface area contributed by atoms with Gasteiger partial charge in [0, 0.05) is 5.39 Å². The molecule has 3 nitrogen and oxygen atoms in total. The van der Waals surface area contributed by atoms with Crippen molar-refractivity contribution in [1.82, 2.24) is 10.2 Å². The van der Waals surface area contributed by atoms with Crippen LogP contribution in [-0.2, 0) is 6.61 Å². The van der Waals surface area contributed by atoms with E-state index in [1.807, 2.05) is 36.4 Å². The molecule has 0 aliphatic carbocycles. The molecule has 2 aromatic carbocycles. The van der Waals surface area contributed by atoms with Crippen molar-refractivity contribution in [3.05, 3.63) is 57.8 Å². The molecule has 0 fully saturated rings. The maximum Gasteiger partial charge on any atom is 0.131 e. The first-order valence-corrected chi connectivity index (χ1v) is 6.71. The van der Waals surface area contributed by atoms with Gasteiger partial charge >= 0.3 is 0 Å². The van der Waals surface area contributed by atoms with Crippen LogP contribution in [-0.4, -0.2) is 10.2 Å². The van der Waals surface area contributed by atoms with Gasteiger partial charge in [-0.2, -0.15) is 5.10 Å². The number of H-pyrrole nitrogens is 1. The van der Waals surface area contributed by atoms with Gasteiger partial charge in [0.2, 0.25) is 0 Å². The third-order valence-electron chi connectivity index (χ3n) is 2.74. The minimum atomic E-state index is 0.584. The topological polar surface area (TPSA) is 37.9 Å². The Kier molecular flexibility index (Phi) is 3.19. The summed E-state index contributed by atoms with van der Waals surface area (Å²) in [5.41, 5.74) is 2.20. The van der Waals surface area contributed by atoms with Gasteiger partial charge < -0.3 is 4.74 Å². The average molecular weight is 350 g/mol. The number of halogens is 1. The zero-order valence-corrected chi connectivity index (χ0v) is 11.7.